The zero-order valence-corrected chi connectivity index (χ0v) is 7.89. The van der Waals surface area contributed by atoms with Crippen LogP contribution < -0.4 is 10.6 Å². The van der Waals surface area contributed by atoms with Gasteiger partial charge in [-0.15, -0.1) is 0 Å². The molecule has 0 unspecified atom stereocenters. The maximum atomic E-state index is 10.6. The number of likely N-dealkylation sites (N-methyl/N-ethyl adjacent to an activating group) is 1. The normalized spacial score (nSPS) is 19.3. The number of nitrogens with one attached hydrogen (secondary N) is 2. The van der Waals surface area contributed by atoms with E-state index in [1.165, 1.54) is 0 Å². The van der Waals surface area contributed by atoms with Gasteiger partial charge in [0.25, 0.3) is 0 Å². The van der Waals surface area contributed by atoms with E-state index in [9.17, 15) is 18.0 Å². The average Bonchev–Trinajstić information content (AvgIpc) is 2.00. The Kier molecular flexibility index (Phi) is 5.06. The molecular weight excluding hydrogens is 217 g/mol. The molecular formula is C7H11F3N2O3. The SMILES string of the molecule is CNC(=O)[C@@H]1CCN1.O=C(O)C(F)(F)F. The van der Waals surface area contributed by atoms with Gasteiger partial charge in [-0.2, -0.15) is 13.2 Å². The summed E-state index contributed by atoms with van der Waals surface area (Å²) >= 11 is 0. The van der Waals surface area contributed by atoms with Crippen molar-refractivity contribution in [3.63, 3.8) is 0 Å². The molecule has 1 amide bonds. The number of carbonyl (C=O) groups excluding carboxylic acids is 1. The maximum absolute atomic E-state index is 10.6. The molecule has 0 spiro atoms. The van der Waals surface area contributed by atoms with Crippen LogP contribution in [-0.4, -0.2) is 42.8 Å². The summed E-state index contributed by atoms with van der Waals surface area (Å²) in [5.41, 5.74) is 0. The molecule has 8 heteroatoms. The van der Waals surface area contributed by atoms with E-state index in [0.717, 1.165) is 13.0 Å². The zero-order valence-electron chi connectivity index (χ0n) is 7.89. The highest BCUT2D eigenvalue weighted by atomic mass is 19.4. The fourth-order valence-corrected chi connectivity index (χ4v) is 0.687. The van der Waals surface area contributed by atoms with Crippen molar-refractivity contribution in [2.24, 2.45) is 0 Å². The molecule has 0 aliphatic carbocycles. The molecule has 1 aliphatic heterocycles. The first-order chi connectivity index (χ1) is 6.79. The van der Waals surface area contributed by atoms with Crippen LogP contribution in [-0.2, 0) is 9.59 Å². The first-order valence-electron chi connectivity index (χ1n) is 4.04. The molecule has 1 fully saturated rings. The number of rotatable bonds is 1. The molecule has 15 heavy (non-hydrogen) atoms. The Balaban J connectivity index is 0.000000265. The third-order valence-electron chi connectivity index (χ3n) is 1.63. The van der Waals surface area contributed by atoms with Crippen molar-refractivity contribution in [3.8, 4) is 0 Å². The van der Waals surface area contributed by atoms with Gasteiger partial charge in [-0.1, -0.05) is 0 Å². The molecule has 1 atom stereocenters. The highest BCUT2D eigenvalue weighted by Crippen LogP contribution is 2.13. The number of hydrogen-bond donors (Lipinski definition) is 3. The summed E-state index contributed by atoms with van der Waals surface area (Å²) in [7, 11) is 1.66. The largest absolute Gasteiger partial charge is 0.490 e. The number of halogens is 3. The van der Waals surface area contributed by atoms with Crippen LogP contribution in [0.2, 0.25) is 0 Å². The molecule has 3 N–H and O–H groups in total. The maximum Gasteiger partial charge on any atom is 0.490 e. The van der Waals surface area contributed by atoms with Gasteiger partial charge in [0.15, 0.2) is 0 Å². The minimum Gasteiger partial charge on any atom is -0.475 e. The summed E-state index contributed by atoms with van der Waals surface area (Å²) in [6, 6.07) is 0.0972. The molecule has 1 saturated heterocycles. The third kappa shape index (κ3) is 5.21. The standard InChI is InChI=1S/C5H10N2O.C2HF3O2/c1-6-5(8)4-2-3-7-4;3-2(4,5)1(6)7/h4,7H,2-3H2,1H3,(H,6,8);(H,6,7)/t4-;/m0./s1. The summed E-state index contributed by atoms with van der Waals surface area (Å²) < 4.78 is 31.7. The van der Waals surface area contributed by atoms with Gasteiger partial charge in [0, 0.05) is 7.05 Å². The van der Waals surface area contributed by atoms with Crippen molar-refractivity contribution in [1.82, 2.24) is 10.6 Å². The monoisotopic (exact) mass is 228 g/mol. The second-order valence-electron chi connectivity index (χ2n) is 2.71. The van der Waals surface area contributed by atoms with Crippen LogP contribution >= 0.6 is 0 Å². The van der Waals surface area contributed by atoms with Crippen molar-refractivity contribution < 1.29 is 27.9 Å². The van der Waals surface area contributed by atoms with Gasteiger partial charge in [-0.3, -0.25) is 4.79 Å². The summed E-state index contributed by atoms with van der Waals surface area (Å²) in [4.78, 5) is 19.5. The summed E-state index contributed by atoms with van der Waals surface area (Å²) in [6.45, 7) is 0.984. The molecule has 0 aromatic heterocycles. The van der Waals surface area contributed by atoms with Crippen molar-refractivity contribution >= 4 is 11.9 Å². The predicted octanol–water partition coefficient (Wildman–Crippen LogP) is -0.272. The molecule has 0 aromatic rings. The Morgan fingerprint density at radius 3 is 1.93 bits per heavy atom. The van der Waals surface area contributed by atoms with E-state index in [4.69, 9.17) is 9.90 Å². The Morgan fingerprint density at radius 2 is 1.87 bits per heavy atom. The van der Waals surface area contributed by atoms with Gasteiger partial charge in [0.1, 0.15) is 0 Å². The fraction of sp³-hybridized carbons (Fsp3) is 0.714. The third-order valence-corrected chi connectivity index (χ3v) is 1.63. The molecule has 1 aliphatic rings. The molecule has 0 saturated carbocycles. The van der Waals surface area contributed by atoms with E-state index in [2.05, 4.69) is 10.6 Å². The van der Waals surface area contributed by atoms with E-state index in [0.29, 0.717) is 0 Å². The number of carboxylic acid groups (broad SMARTS) is 1. The molecule has 1 rings (SSSR count). The predicted molar refractivity (Wildman–Crippen MR) is 44.2 cm³/mol. The first-order valence-corrected chi connectivity index (χ1v) is 4.04. The van der Waals surface area contributed by atoms with E-state index in [1.54, 1.807) is 7.05 Å². The lowest BCUT2D eigenvalue weighted by atomic mass is 10.1. The number of aliphatic carboxylic acids is 1. The minimum atomic E-state index is -5.08. The first kappa shape index (κ1) is 13.7. The number of amides is 1. The van der Waals surface area contributed by atoms with Crippen LogP contribution in [0.3, 0.4) is 0 Å². The van der Waals surface area contributed by atoms with Crippen molar-refractivity contribution in [1.29, 1.82) is 0 Å². The Bertz CT molecular complexity index is 238. The number of carboxylic acids is 1. The van der Waals surface area contributed by atoms with Gasteiger partial charge < -0.3 is 15.7 Å². The Morgan fingerprint density at radius 1 is 1.47 bits per heavy atom. The molecule has 1 heterocycles. The second kappa shape index (κ2) is 5.54. The van der Waals surface area contributed by atoms with Gasteiger partial charge in [0.2, 0.25) is 5.91 Å². The number of carbonyl (C=O) groups is 2. The number of alkyl halides is 3. The van der Waals surface area contributed by atoms with Crippen LogP contribution in [0.25, 0.3) is 0 Å². The lowest BCUT2D eigenvalue weighted by Gasteiger charge is -2.25. The summed E-state index contributed by atoms with van der Waals surface area (Å²) in [5.74, 6) is -2.65. The van der Waals surface area contributed by atoms with Crippen molar-refractivity contribution in [2.45, 2.75) is 18.6 Å². The molecule has 88 valence electrons. The van der Waals surface area contributed by atoms with Gasteiger partial charge in [-0.05, 0) is 13.0 Å². The topological polar surface area (TPSA) is 78.4 Å². The van der Waals surface area contributed by atoms with Gasteiger partial charge >= 0.3 is 12.1 Å². The van der Waals surface area contributed by atoms with Gasteiger partial charge in [-0.25, -0.2) is 4.79 Å². The van der Waals surface area contributed by atoms with E-state index < -0.39 is 12.1 Å². The minimum absolute atomic E-state index is 0.0972. The average molecular weight is 228 g/mol. The van der Waals surface area contributed by atoms with E-state index in [-0.39, 0.29) is 11.9 Å². The Hall–Kier alpha value is -1.31. The van der Waals surface area contributed by atoms with Crippen LogP contribution in [0.4, 0.5) is 13.2 Å². The van der Waals surface area contributed by atoms with E-state index in [1.807, 2.05) is 0 Å². The molecule has 0 radical (unpaired) electrons. The molecule has 0 bridgehead atoms. The second-order valence-corrected chi connectivity index (χ2v) is 2.71. The Labute approximate surface area is 83.6 Å². The smallest absolute Gasteiger partial charge is 0.475 e. The summed E-state index contributed by atoms with van der Waals surface area (Å²) in [6.07, 6.45) is -4.10. The summed E-state index contributed by atoms with van der Waals surface area (Å²) in [5, 5.41) is 12.7. The van der Waals surface area contributed by atoms with Crippen molar-refractivity contribution in [3.05, 3.63) is 0 Å². The van der Waals surface area contributed by atoms with Crippen molar-refractivity contribution in [2.75, 3.05) is 13.6 Å². The zero-order chi connectivity index (χ0) is 12.1. The number of hydrogen-bond acceptors (Lipinski definition) is 3. The lowest BCUT2D eigenvalue weighted by Crippen LogP contribution is -2.52. The highest BCUT2D eigenvalue weighted by Gasteiger charge is 2.38. The van der Waals surface area contributed by atoms with Crippen LogP contribution in [0.5, 0.6) is 0 Å². The fourth-order valence-electron chi connectivity index (χ4n) is 0.687. The van der Waals surface area contributed by atoms with E-state index >= 15 is 0 Å². The molecule has 0 aromatic carbocycles. The van der Waals surface area contributed by atoms with Crippen LogP contribution in [0, 0.1) is 0 Å². The van der Waals surface area contributed by atoms with Gasteiger partial charge in [0.05, 0.1) is 6.04 Å². The quantitative estimate of drug-likeness (QED) is 0.577. The molecule has 5 nitrogen and oxygen atoms in total. The highest BCUT2D eigenvalue weighted by molar-refractivity contribution is 5.82. The van der Waals surface area contributed by atoms with Crippen LogP contribution in [0.15, 0.2) is 0 Å². The van der Waals surface area contributed by atoms with Crippen LogP contribution in [0.1, 0.15) is 6.42 Å². The lowest BCUT2D eigenvalue weighted by molar-refractivity contribution is -0.192.